The molecule has 4 nitrogen and oxygen atoms in total. The van der Waals surface area contributed by atoms with Gasteiger partial charge in [-0.3, -0.25) is 4.90 Å². The molecule has 9 aromatic rings. The van der Waals surface area contributed by atoms with Gasteiger partial charge in [-0.05, 0) is 82.9 Å². The number of benzene rings is 7. The number of nitrogens with zero attached hydrogens (tertiary/aromatic N) is 4. The van der Waals surface area contributed by atoms with Crippen molar-refractivity contribution in [2.75, 3.05) is 4.90 Å². The highest BCUT2D eigenvalue weighted by Crippen LogP contribution is 2.51. The Morgan fingerprint density at radius 2 is 1.08 bits per heavy atom. The van der Waals surface area contributed by atoms with Crippen LogP contribution in [0.5, 0.6) is 0 Å². The molecule has 0 spiro atoms. The summed E-state index contributed by atoms with van der Waals surface area (Å²) in [5.41, 5.74) is 13.8. The van der Waals surface area contributed by atoms with Gasteiger partial charge in [-0.15, -0.1) is 0 Å². The molecule has 0 radical (unpaired) electrons. The lowest BCUT2D eigenvalue weighted by molar-refractivity contribution is 0.660. The quantitative estimate of drug-likeness (QED) is 0.176. The summed E-state index contributed by atoms with van der Waals surface area (Å²) in [6.07, 6.45) is 0. The monoisotopic (exact) mass is 668 g/mol. The standard InChI is InChI=1S/C48H36N4/c1-48(2)42-24-14-12-22-38(42)39-28-26-37(31-43(39)48)50(47-32-44(33-16-6-3-7-17-33)49-52(47)35-20-10-5-11-21-35)36-27-29-46-41(30-36)40-23-13-15-25-45(40)51(46)34-18-8-4-9-19-34/h3-32H,1-2H3. The molecule has 0 bridgehead atoms. The third-order valence-electron chi connectivity index (χ3n) is 10.7. The van der Waals surface area contributed by atoms with Crippen LogP contribution in [0.25, 0.3) is 55.6 Å². The molecular weight excluding hydrogens is 633 g/mol. The number of rotatable bonds is 6. The number of anilines is 3. The molecule has 248 valence electrons. The fourth-order valence-electron chi connectivity index (χ4n) is 8.24. The summed E-state index contributed by atoms with van der Waals surface area (Å²) in [5, 5.41) is 7.70. The SMILES string of the molecule is CC1(C)c2ccccc2-c2ccc(N(c3ccc4c(c3)c3ccccc3n4-c3ccccc3)c3cc(-c4ccccc4)nn3-c3ccccc3)cc21. The van der Waals surface area contributed by atoms with Crippen LogP contribution in [0.1, 0.15) is 25.0 Å². The molecule has 7 aromatic carbocycles. The molecular formula is C48H36N4. The fraction of sp³-hybridized carbons (Fsp3) is 0.0625. The maximum absolute atomic E-state index is 5.28. The van der Waals surface area contributed by atoms with Gasteiger partial charge in [0.15, 0.2) is 0 Å². The molecule has 0 amide bonds. The van der Waals surface area contributed by atoms with E-state index in [0.717, 1.165) is 39.8 Å². The van der Waals surface area contributed by atoms with E-state index in [1.165, 1.54) is 44.1 Å². The van der Waals surface area contributed by atoms with Crippen molar-refractivity contribution >= 4 is 39.0 Å². The first-order valence-electron chi connectivity index (χ1n) is 17.9. The van der Waals surface area contributed by atoms with Crippen molar-refractivity contribution in [3.63, 3.8) is 0 Å². The van der Waals surface area contributed by atoms with Crippen LogP contribution in [0.3, 0.4) is 0 Å². The van der Waals surface area contributed by atoms with Crippen LogP contribution in [-0.2, 0) is 5.41 Å². The van der Waals surface area contributed by atoms with Crippen molar-refractivity contribution in [2.45, 2.75) is 19.3 Å². The average Bonchev–Trinajstić information content (AvgIpc) is 3.85. The highest BCUT2D eigenvalue weighted by Gasteiger charge is 2.36. The van der Waals surface area contributed by atoms with Crippen LogP contribution >= 0.6 is 0 Å². The molecule has 1 aliphatic rings. The topological polar surface area (TPSA) is 26.0 Å². The normalized spacial score (nSPS) is 13.0. The molecule has 2 heterocycles. The molecule has 10 rings (SSSR count). The Labute approximate surface area is 303 Å². The number of para-hydroxylation sites is 3. The Bertz CT molecular complexity index is 2760. The number of hydrogen-bond acceptors (Lipinski definition) is 2. The van der Waals surface area contributed by atoms with E-state index in [-0.39, 0.29) is 5.41 Å². The molecule has 0 saturated carbocycles. The van der Waals surface area contributed by atoms with Crippen molar-refractivity contribution in [3.8, 4) is 33.8 Å². The maximum Gasteiger partial charge on any atom is 0.142 e. The molecule has 0 N–H and O–H groups in total. The Balaban J connectivity index is 1.25. The zero-order valence-corrected chi connectivity index (χ0v) is 29.1. The molecule has 0 fully saturated rings. The lowest BCUT2D eigenvalue weighted by Gasteiger charge is -2.28. The van der Waals surface area contributed by atoms with Gasteiger partial charge >= 0.3 is 0 Å². The van der Waals surface area contributed by atoms with Crippen LogP contribution in [0.4, 0.5) is 17.2 Å². The molecule has 0 aliphatic heterocycles. The highest BCUT2D eigenvalue weighted by molar-refractivity contribution is 6.10. The number of fused-ring (bicyclic) bond motifs is 6. The van der Waals surface area contributed by atoms with Crippen LogP contribution < -0.4 is 4.90 Å². The molecule has 4 heteroatoms. The summed E-state index contributed by atoms with van der Waals surface area (Å²) >= 11 is 0. The second-order valence-corrected chi connectivity index (χ2v) is 14.1. The van der Waals surface area contributed by atoms with Gasteiger partial charge < -0.3 is 4.57 Å². The fourth-order valence-corrected chi connectivity index (χ4v) is 8.24. The summed E-state index contributed by atoms with van der Waals surface area (Å²) in [5.74, 6) is 0.962. The van der Waals surface area contributed by atoms with Crippen molar-refractivity contribution in [3.05, 3.63) is 193 Å². The van der Waals surface area contributed by atoms with Crippen molar-refractivity contribution in [2.24, 2.45) is 0 Å². The predicted octanol–water partition coefficient (Wildman–Crippen LogP) is 12.4. The number of hydrogen-bond donors (Lipinski definition) is 0. The third kappa shape index (κ3) is 4.65. The molecule has 0 saturated heterocycles. The third-order valence-corrected chi connectivity index (χ3v) is 10.7. The maximum atomic E-state index is 5.28. The van der Waals surface area contributed by atoms with E-state index in [0.29, 0.717) is 0 Å². The summed E-state index contributed by atoms with van der Waals surface area (Å²) in [4.78, 5) is 2.39. The minimum atomic E-state index is -0.143. The van der Waals surface area contributed by atoms with E-state index in [1.807, 2.05) is 0 Å². The molecule has 52 heavy (non-hydrogen) atoms. The van der Waals surface area contributed by atoms with Crippen LogP contribution in [0, 0.1) is 0 Å². The van der Waals surface area contributed by atoms with Crippen molar-refractivity contribution in [1.29, 1.82) is 0 Å². The van der Waals surface area contributed by atoms with E-state index >= 15 is 0 Å². The average molecular weight is 669 g/mol. The predicted molar refractivity (Wildman–Crippen MR) is 216 cm³/mol. The zero-order valence-electron chi connectivity index (χ0n) is 29.1. The number of aromatic nitrogens is 3. The van der Waals surface area contributed by atoms with E-state index in [2.05, 4.69) is 210 Å². The van der Waals surface area contributed by atoms with Crippen molar-refractivity contribution in [1.82, 2.24) is 14.3 Å². The highest BCUT2D eigenvalue weighted by atomic mass is 15.4. The molecule has 1 aliphatic carbocycles. The van der Waals surface area contributed by atoms with E-state index < -0.39 is 0 Å². The van der Waals surface area contributed by atoms with Gasteiger partial charge in [0, 0.05) is 44.9 Å². The van der Waals surface area contributed by atoms with E-state index in [9.17, 15) is 0 Å². The first-order chi connectivity index (χ1) is 25.6. The largest absolute Gasteiger partial charge is 0.309 e. The van der Waals surface area contributed by atoms with Gasteiger partial charge in [0.25, 0.3) is 0 Å². The van der Waals surface area contributed by atoms with Crippen molar-refractivity contribution < 1.29 is 0 Å². The zero-order chi connectivity index (χ0) is 34.8. The van der Waals surface area contributed by atoms with Gasteiger partial charge in [0.05, 0.1) is 22.4 Å². The van der Waals surface area contributed by atoms with Gasteiger partial charge in [-0.1, -0.05) is 129 Å². The lowest BCUT2D eigenvalue weighted by atomic mass is 9.82. The van der Waals surface area contributed by atoms with Gasteiger partial charge in [-0.25, -0.2) is 4.68 Å². The second kappa shape index (κ2) is 11.7. The van der Waals surface area contributed by atoms with Gasteiger partial charge in [0.2, 0.25) is 0 Å². The molecule has 0 atom stereocenters. The summed E-state index contributed by atoms with van der Waals surface area (Å²) in [6, 6.07) is 65.2. The van der Waals surface area contributed by atoms with Gasteiger partial charge in [-0.2, -0.15) is 5.10 Å². The summed E-state index contributed by atoms with van der Waals surface area (Å²) in [6.45, 7) is 4.69. The lowest BCUT2D eigenvalue weighted by Crippen LogP contribution is -2.18. The van der Waals surface area contributed by atoms with E-state index in [1.54, 1.807) is 0 Å². The Morgan fingerprint density at radius 1 is 0.481 bits per heavy atom. The molecule has 2 aromatic heterocycles. The smallest absolute Gasteiger partial charge is 0.142 e. The molecule has 0 unspecified atom stereocenters. The van der Waals surface area contributed by atoms with Gasteiger partial charge in [0.1, 0.15) is 5.82 Å². The van der Waals surface area contributed by atoms with Crippen LogP contribution in [0.15, 0.2) is 182 Å². The minimum absolute atomic E-state index is 0.143. The van der Waals surface area contributed by atoms with Crippen LogP contribution in [-0.4, -0.2) is 14.3 Å². The Morgan fingerprint density at radius 3 is 1.87 bits per heavy atom. The first kappa shape index (κ1) is 30.2. The van der Waals surface area contributed by atoms with E-state index in [4.69, 9.17) is 5.10 Å². The summed E-state index contributed by atoms with van der Waals surface area (Å²) < 4.78 is 4.46. The Kier molecular flexibility index (Phi) is 6.80. The summed E-state index contributed by atoms with van der Waals surface area (Å²) in [7, 11) is 0. The second-order valence-electron chi connectivity index (χ2n) is 14.1. The Hall–Kier alpha value is -6.65. The first-order valence-corrected chi connectivity index (χ1v) is 17.9. The van der Waals surface area contributed by atoms with Crippen LogP contribution in [0.2, 0.25) is 0 Å². The minimum Gasteiger partial charge on any atom is -0.309 e.